The van der Waals surface area contributed by atoms with E-state index in [-0.39, 0.29) is 0 Å². The highest BCUT2D eigenvalue weighted by Gasteiger charge is 2.21. The van der Waals surface area contributed by atoms with Gasteiger partial charge in [0.1, 0.15) is 5.52 Å². The molecule has 1 saturated carbocycles. The highest BCUT2D eigenvalue weighted by atomic mass is 15.2. The van der Waals surface area contributed by atoms with E-state index in [1.54, 1.807) is 0 Å². The van der Waals surface area contributed by atoms with Crippen LogP contribution < -0.4 is 5.32 Å². The van der Waals surface area contributed by atoms with Crippen LogP contribution in [0.4, 0.5) is 5.95 Å². The Labute approximate surface area is 81.4 Å². The minimum Gasteiger partial charge on any atom is -0.350 e. The summed E-state index contributed by atoms with van der Waals surface area (Å²) in [6.45, 7) is 0. The standard InChI is InChI=1S/C10H10N4/c1-2-4-9-8(3-1)12-10(14-13-9)11-7-5-6-7/h1-4,7H,5-6H2,(H,11,12,14). The molecule has 0 saturated heterocycles. The van der Waals surface area contributed by atoms with Gasteiger partial charge in [-0.25, -0.2) is 4.98 Å². The molecule has 14 heavy (non-hydrogen) atoms. The third kappa shape index (κ3) is 1.39. The van der Waals surface area contributed by atoms with Crippen LogP contribution in [-0.4, -0.2) is 21.2 Å². The number of nitrogens with zero attached hydrogens (tertiary/aromatic N) is 3. The summed E-state index contributed by atoms with van der Waals surface area (Å²) >= 11 is 0. The van der Waals surface area contributed by atoms with Gasteiger partial charge in [-0.2, -0.15) is 0 Å². The zero-order chi connectivity index (χ0) is 9.38. The SMILES string of the molecule is c1ccc2nc(NC3CC3)nnc2c1. The number of rotatable bonds is 2. The van der Waals surface area contributed by atoms with E-state index < -0.39 is 0 Å². The van der Waals surface area contributed by atoms with Gasteiger partial charge in [-0.05, 0) is 25.0 Å². The Morgan fingerprint density at radius 3 is 2.64 bits per heavy atom. The molecule has 4 heteroatoms. The maximum atomic E-state index is 4.37. The molecule has 1 aromatic carbocycles. The van der Waals surface area contributed by atoms with E-state index in [4.69, 9.17) is 0 Å². The van der Waals surface area contributed by atoms with Gasteiger partial charge < -0.3 is 5.32 Å². The van der Waals surface area contributed by atoms with Crippen LogP contribution in [0.15, 0.2) is 24.3 Å². The quantitative estimate of drug-likeness (QED) is 0.774. The second kappa shape index (κ2) is 2.90. The number of benzene rings is 1. The van der Waals surface area contributed by atoms with Crippen molar-refractivity contribution in [2.75, 3.05) is 5.32 Å². The number of nitrogens with one attached hydrogen (secondary N) is 1. The van der Waals surface area contributed by atoms with E-state index in [1.807, 2.05) is 24.3 Å². The van der Waals surface area contributed by atoms with Gasteiger partial charge in [0, 0.05) is 6.04 Å². The van der Waals surface area contributed by atoms with Crippen molar-refractivity contribution in [3.63, 3.8) is 0 Å². The molecule has 1 aromatic heterocycles. The first-order valence-corrected chi connectivity index (χ1v) is 4.78. The molecule has 0 atom stereocenters. The molecule has 2 aromatic rings. The molecule has 0 bridgehead atoms. The number of hydrogen-bond donors (Lipinski definition) is 1. The molecular weight excluding hydrogens is 176 g/mol. The number of aromatic nitrogens is 3. The smallest absolute Gasteiger partial charge is 0.243 e. The summed E-state index contributed by atoms with van der Waals surface area (Å²) < 4.78 is 0. The zero-order valence-corrected chi connectivity index (χ0v) is 7.64. The highest BCUT2D eigenvalue weighted by Crippen LogP contribution is 2.22. The van der Waals surface area contributed by atoms with Gasteiger partial charge in [0.2, 0.25) is 5.95 Å². The van der Waals surface area contributed by atoms with E-state index >= 15 is 0 Å². The number of anilines is 1. The molecule has 0 amide bonds. The first kappa shape index (κ1) is 7.67. The molecular formula is C10H10N4. The molecule has 70 valence electrons. The molecule has 3 rings (SSSR count). The average Bonchev–Trinajstić information content (AvgIpc) is 3.02. The molecule has 4 nitrogen and oxygen atoms in total. The van der Waals surface area contributed by atoms with E-state index in [0.717, 1.165) is 11.0 Å². The van der Waals surface area contributed by atoms with Gasteiger partial charge in [0.15, 0.2) is 0 Å². The maximum absolute atomic E-state index is 4.37. The molecule has 1 N–H and O–H groups in total. The van der Waals surface area contributed by atoms with E-state index in [1.165, 1.54) is 12.8 Å². The molecule has 0 unspecified atom stereocenters. The lowest BCUT2D eigenvalue weighted by atomic mass is 10.3. The average molecular weight is 186 g/mol. The van der Waals surface area contributed by atoms with Gasteiger partial charge in [-0.3, -0.25) is 0 Å². The van der Waals surface area contributed by atoms with E-state index in [2.05, 4.69) is 20.5 Å². The van der Waals surface area contributed by atoms with Crippen molar-refractivity contribution in [2.24, 2.45) is 0 Å². The predicted octanol–water partition coefficient (Wildman–Crippen LogP) is 1.60. The number of para-hydroxylation sites is 1. The first-order chi connectivity index (χ1) is 6.92. The van der Waals surface area contributed by atoms with Crippen LogP contribution >= 0.6 is 0 Å². The van der Waals surface area contributed by atoms with Crippen molar-refractivity contribution in [2.45, 2.75) is 18.9 Å². The Morgan fingerprint density at radius 1 is 1.07 bits per heavy atom. The zero-order valence-electron chi connectivity index (χ0n) is 7.64. The Bertz CT molecular complexity index is 464. The van der Waals surface area contributed by atoms with Crippen LogP contribution in [-0.2, 0) is 0 Å². The lowest BCUT2D eigenvalue weighted by Gasteiger charge is -2.01. The fraction of sp³-hybridized carbons (Fsp3) is 0.300. The fourth-order valence-electron chi connectivity index (χ4n) is 1.35. The molecule has 0 radical (unpaired) electrons. The van der Waals surface area contributed by atoms with Gasteiger partial charge in [-0.1, -0.05) is 12.1 Å². The summed E-state index contributed by atoms with van der Waals surface area (Å²) in [5.41, 5.74) is 1.74. The summed E-state index contributed by atoms with van der Waals surface area (Å²) in [5, 5.41) is 11.3. The summed E-state index contributed by atoms with van der Waals surface area (Å²) in [7, 11) is 0. The Balaban J connectivity index is 2.01. The van der Waals surface area contributed by atoms with Crippen molar-refractivity contribution in [3.8, 4) is 0 Å². The van der Waals surface area contributed by atoms with Gasteiger partial charge >= 0.3 is 0 Å². The first-order valence-electron chi connectivity index (χ1n) is 4.78. The third-order valence-corrected chi connectivity index (χ3v) is 2.27. The Hall–Kier alpha value is -1.71. The third-order valence-electron chi connectivity index (χ3n) is 2.27. The topological polar surface area (TPSA) is 50.7 Å². The van der Waals surface area contributed by atoms with Crippen LogP contribution in [0, 0.1) is 0 Å². The molecule has 0 spiro atoms. The predicted molar refractivity (Wildman–Crippen MR) is 54.0 cm³/mol. The van der Waals surface area contributed by atoms with Crippen molar-refractivity contribution in [1.29, 1.82) is 0 Å². The van der Waals surface area contributed by atoms with Crippen LogP contribution in [0.1, 0.15) is 12.8 Å². The molecule has 1 heterocycles. The Kier molecular flexibility index (Phi) is 1.59. The molecule has 0 aliphatic heterocycles. The van der Waals surface area contributed by atoms with Crippen molar-refractivity contribution in [3.05, 3.63) is 24.3 Å². The van der Waals surface area contributed by atoms with Crippen molar-refractivity contribution >= 4 is 17.0 Å². The van der Waals surface area contributed by atoms with Gasteiger partial charge in [0.25, 0.3) is 0 Å². The normalized spacial score (nSPS) is 15.7. The summed E-state index contributed by atoms with van der Waals surface area (Å²) in [6.07, 6.45) is 2.44. The fourth-order valence-corrected chi connectivity index (χ4v) is 1.35. The largest absolute Gasteiger partial charge is 0.350 e. The number of hydrogen-bond acceptors (Lipinski definition) is 4. The molecule has 1 fully saturated rings. The summed E-state index contributed by atoms with van der Waals surface area (Å²) in [6, 6.07) is 8.32. The lowest BCUT2D eigenvalue weighted by Crippen LogP contribution is -2.06. The highest BCUT2D eigenvalue weighted by molar-refractivity contribution is 5.74. The van der Waals surface area contributed by atoms with E-state index in [9.17, 15) is 0 Å². The van der Waals surface area contributed by atoms with Crippen molar-refractivity contribution < 1.29 is 0 Å². The van der Waals surface area contributed by atoms with Crippen LogP contribution in [0.25, 0.3) is 11.0 Å². The number of fused-ring (bicyclic) bond motifs is 1. The van der Waals surface area contributed by atoms with Crippen LogP contribution in [0.3, 0.4) is 0 Å². The minimum absolute atomic E-state index is 0.568. The summed E-state index contributed by atoms with van der Waals surface area (Å²) in [4.78, 5) is 4.37. The molecule has 1 aliphatic carbocycles. The minimum atomic E-state index is 0.568. The lowest BCUT2D eigenvalue weighted by molar-refractivity contribution is 0.983. The summed E-state index contributed by atoms with van der Waals surface area (Å²) in [5.74, 6) is 0.645. The Morgan fingerprint density at radius 2 is 1.86 bits per heavy atom. The molecule has 1 aliphatic rings. The van der Waals surface area contributed by atoms with E-state index in [0.29, 0.717) is 12.0 Å². The van der Waals surface area contributed by atoms with Crippen LogP contribution in [0.2, 0.25) is 0 Å². The van der Waals surface area contributed by atoms with Gasteiger partial charge in [-0.15, -0.1) is 10.2 Å². The van der Waals surface area contributed by atoms with Crippen molar-refractivity contribution in [1.82, 2.24) is 15.2 Å². The van der Waals surface area contributed by atoms with Gasteiger partial charge in [0.05, 0.1) is 5.52 Å². The second-order valence-electron chi connectivity index (χ2n) is 3.54. The maximum Gasteiger partial charge on any atom is 0.243 e. The van der Waals surface area contributed by atoms with Crippen LogP contribution in [0.5, 0.6) is 0 Å². The second-order valence-corrected chi connectivity index (χ2v) is 3.54. The monoisotopic (exact) mass is 186 g/mol.